The minimum atomic E-state index is -0.286. The van der Waals surface area contributed by atoms with Crippen molar-refractivity contribution in [3.05, 3.63) is 81.5 Å². The molecule has 1 aromatic heterocycles. The summed E-state index contributed by atoms with van der Waals surface area (Å²) < 4.78 is 0. The van der Waals surface area contributed by atoms with Crippen LogP contribution < -0.4 is 5.32 Å². The van der Waals surface area contributed by atoms with Crippen LogP contribution >= 0.6 is 23.2 Å². The van der Waals surface area contributed by atoms with E-state index in [1.807, 2.05) is 6.07 Å². The summed E-state index contributed by atoms with van der Waals surface area (Å²) in [6, 6.07) is 14.8. The van der Waals surface area contributed by atoms with Gasteiger partial charge in [-0.2, -0.15) is 0 Å². The highest BCUT2D eigenvalue weighted by atomic mass is 35.5. The number of aromatic nitrogens is 1. The molecular formula is C21H16Cl2N2O. The molecule has 0 fully saturated rings. The number of hydrogen-bond acceptors (Lipinski definition) is 2. The van der Waals surface area contributed by atoms with E-state index in [2.05, 4.69) is 22.4 Å². The first kappa shape index (κ1) is 17.1. The summed E-state index contributed by atoms with van der Waals surface area (Å²) in [5, 5.41) is 3.91. The number of benzene rings is 2. The normalized spacial score (nSPS) is 12.7. The predicted octanol–water partition coefficient (Wildman–Crippen LogP) is 5.80. The predicted molar refractivity (Wildman–Crippen MR) is 106 cm³/mol. The number of carbonyl (C=O) groups excluding carboxylic acids is 1. The SMILES string of the molecule is O=C(Nc1ccc(-c2cc3c(cc2Cl)CCC3)cn1)c1ccccc1Cl. The van der Waals surface area contributed by atoms with Crippen molar-refractivity contribution < 1.29 is 4.79 Å². The number of carbonyl (C=O) groups is 1. The Morgan fingerprint density at radius 2 is 1.73 bits per heavy atom. The molecule has 26 heavy (non-hydrogen) atoms. The van der Waals surface area contributed by atoms with E-state index < -0.39 is 0 Å². The van der Waals surface area contributed by atoms with Gasteiger partial charge in [0.25, 0.3) is 5.91 Å². The highest BCUT2D eigenvalue weighted by Crippen LogP contribution is 2.34. The topological polar surface area (TPSA) is 42.0 Å². The molecule has 1 heterocycles. The maximum Gasteiger partial charge on any atom is 0.258 e. The average Bonchev–Trinajstić information content (AvgIpc) is 3.09. The second-order valence-electron chi connectivity index (χ2n) is 6.32. The Balaban J connectivity index is 1.56. The Morgan fingerprint density at radius 1 is 0.962 bits per heavy atom. The van der Waals surface area contributed by atoms with Gasteiger partial charge in [-0.1, -0.05) is 35.3 Å². The van der Waals surface area contributed by atoms with E-state index in [-0.39, 0.29) is 5.91 Å². The smallest absolute Gasteiger partial charge is 0.258 e. The molecule has 1 amide bonds. The Kier molecular flexibility index (Phi) is 4.66. The van der Waals surface area contributed by atoms with E-state index in [4.69, 9.17) is 23.2 Å². The lowest BCUT2D eigenvalue weighted by atomic mass is 10.0. The van der Waals surface area contributed by atoms with Crippen molar-refractivity contribution in [2.24, 2.45) is 0 Å². The van der Waals surface area contributed by atoms with Crippen molar-refractivity contribution in [3.8, 4) is 11.1 Å². The van der Waals surface area contributed by atoms with Gasteiger partial charge < -0.3 is 5.32 Å². The third kappa shape index (κ3) is 3.33. The summed E-state index contributed by atoms with van der Waals surface area (Å²) in [5.41, 5.74) is 5.03. The highest BCUT2D eigenvalue weighted by Gasteiger charge is 2.15. The standard InChI is InChI=1S/C21H16Cl2N2O/c22-18-7-2-1-6-16(18)21(26)25-20-9-8-15(12-24-20)17-10-13-4-3-5-14(13)11-19(17)23/h1-2,6-12H,3-5H2,(H,24,25,26). The molecule has 0 saturated carbocycles. The van der Waals surface area contributed by atoms with Gasteiger partial charge >= 0.3 is 0 Å². The maximum atomic E-state index is 12.3. The molecule has 130 valence electrons. The second kappa shape index (κ2) is 7.10. The van der Waals surface area contributed by atoms with Gasteiger partial charge in [-0.15, -0.1) is 0 Å². The number of amides is 1. The van der Waals surface area contributed by atoms with Crippen LogP contribution in [0.3, 0.4) is 0 Å². The van der Waals surface area contributed by atoms with Crippen LogP contribution in [-0.4, -0.2) is 10.9 Å². The van der Waals surface area contributed by atoms with Gasteiger partial charge in [0.15, 0.2) is 0 Å². The van der Waals surface area contributed by atoms with Gasteiger partial charge in [-0.05, 0) is 66.8 Å². The Bertz CT molecular complexity index is 984. The summed E-state index contributed by atoms with van der Waals surface area (Å²) in [6.07, 6.45) is 5.10. The van der Waals surface area contributed by atoms with Gasteiger partial charge in [0, 0.05) is 22.3 Å². The van der Waals surface area contributed by atoms with Crippen LogP contribution in [0.5, 0.6) is 0 Å². The minimum absolute atomic E-state index is 0.286. The summed E-state index contributed by atoms with van der Waals surface area (Å²) in [5.74, 6) is 0.183. The number of aryl methyl sites for hydroxylation is 2. The molecule has 4 rings (SSSR count). The zero-order valence-electron chi connectivity index (χ0n) is 13.9. The number of rotatable bonds is 3. The van der Waals surface area contributed by atoms with Gasteiger partial charge in [0.2, 0.25) is 0 Å². The van der Waals surface area contributed by atoms with Crippen molar-refractivity contribution in [1.82, 2.24) is 4.98 Å². The molecule has 0 spiro atoms. The quantitative estimate of drug-likeness (QED) is 0.621. The van der Waals surface area contributed by atoms with Crippen LogP contribution in [0.15, 0.2) is 54.7 Å². The van der Waals surface area contributed by atoms with E-state index in [0.717, 1.165) is 29.0 Å². The molecule has 0 saturated heterocycles. The third-order valence-electron chi connectivity index (χ3n) is 4.62. The van der Waals surface area contributed by atoms with Crippen LogP contribution in [0.4, 0.5) is 5.82 Å². The molecule has 0 unspecified atom stereocenters. The van der Waals surface area contributed by atoms with E-state index >= 15 is 0 Å². The zero-order valence-corrected chi connectivity index (χ0v) is 15.4. The number of hydrogen-bond donors (Lipinski definition) is 1. The Morgan fingerprint density at radius 3 is 2.46 bits per heavy atom. The van der Waals surface area contributed by atoms with Crippen LogP contribution in [-0.2, 0) is 12.8 Å². The average molecular weight is 383 g/mol. The number of pyridine rings is 1. The lowest BCUT2D eigenvalue weighted by Gasteiger charge is -2.10. The molecule has 0 bridgehead atoms. The molecule has 2 aromatic carbocycles. The summed E-state index contributed by atoms with van der Waals surface area (Å²) in [7, 11) is 0. The fourth-order valence-corrected chi connectivity index (χ4v) is 3.79. The van der Waals surface area contributed by atoms with Crippen LogP contribution in [0, 0.1) is 0 Å². The third-order valence-corrected chi connectivity index (χ3v) is 5.26. The number of nitrogens with zero attached hydrogens (tertiary/aromatic N) is 1. The van der Waals surface area contributed by atoms with E-state index in [1.54, 1.807) is 36.5 Å². The molecular weight excluding hydrogens is 367 g/mol. The summed E-state index contributed by atoms with van der Waals surface area (Å²) in [4.78, 5) is 16.7. The molecule has 3 nitrogen and oxygen atoms in total. The fraction of sp³-hybridized carbons (Fsp3) is 0.143. The van der Waals surface area contributed by atoms with Crippen LogP contribution in [0.2, 0.25) is 10.0 Å². The number of nitrogens with one attached hydrogen (secondary N) is 1. The lowest BCUT2D eigenvalue weighted by molar-refractivity contribution is 0.102. The van der Waals surface area contributed by atoms with Crippen molar-refractivity contribution in [2.45, 2.75) is 19.3 Å². The van der Waals surface area contributed by atoms with Crippen molar-refractivity contribution in [3.63, 3.8) is 0 Å². The van der Waals surface area contributed by atoms with E-state index in [0.29, 0.717) is 16.4 Å². The molecule has 0 atom stereocenters. The van der Waals surface area contributed by atoms with Gasteiger partial charge in [-0.3, -0.25) is 4.79 Å². The lowest BCUT2D eigenvalue weighted by Crippen LogP contribution is -2.13. The summed E-state index contributed by atoms with van der Waals surface area (Å²) >= 11 is 12.5. The first-order chi connectivity index (χ1) is 12.6. The Labute approximate surface area is 162 Å². The van der Waals surface area contributed by atoms with Crippen LogP contribution in [0.1, 0.15) is 27.9 Å². The number of anilines is 1. The number of fused-ring (bicyclic) bond motifs is 1. The van der Waals surface area contributed by atoms with E-state index in [1.165, 1.54) is 17.5 Å². The van der Waals surface area contributed by atoms with Crippen LogP contribution in [0.25, 0.3) is 11.1 Å². The molecule has 1 aliphatic carbocycles. The van der Waals surface area contributed by atoms with Gasteiger partial charge in [-0.25, -0.2) is 4.98 Å². The number of halogens is 2. The molecule has 1 N–H and O–H groups in total. The van der Waals surface area contributed by atoms with Gasteiger partial charge in [0.05, 0.1) is 10.6 Å². The second-order valence-corrected chi connectivity index (χ2v) is 7.13. The molecule has 1 aliphatic rings. The van der Waals surface area contributed by atoms with Crippen molar-refractivity contribution in [2.75, 3.05) is 5.32 Å². The fourth-order valence-electron chi connectivity index (χ4n) is 3.27. The first-order valence-electron chi connectivity index (χ1n) is 8.45. The Hall–Kier alpha value is -2.36. The molecule has 0 aliphatic heterocycles. The van der Waals surface area contributed by atoms with Crippen molar-refractivity contribution in [1.29, 1.82) is 0 Å². The van der Waals surface area contributed by atoms with Crippen molar-refractivity contribution >= 4 is 34.9 Å². The monoisotopic (exact) mass is 382 g/mol. The zero-order chi connectivity index (χ0) is 18.1. The summed E-state index contributed by atoms with van der Waals surface area (Å²) in [6.45, 7) is 0. The first-order valence-corrected chi connectivity index (χ1v) is 9.21. The largest absolute Gasteiger partial charge is 0.307 e. The van der Waals surface area contributed by atoms with E-state index in [9.17, 15) is 4.79 Å². The minimum Gasteiger partial charge on any atom is -0.307 e. The molecule has 0 radical (unpaired) electrons. The molecule has 3 aromatic rings. The maximum absolute atomic E-state index is 12.3. The van der Waals surface area contributed by atoms with Gasteiger partial charge in [0.1, 0.15) is 5.82 Å². The highest BCUT2D eigenvalue weighted by molar-refractivity contribution is 6.34. The molecule has 5 heteroatoms.